The van der Waals surface area contributed by atoms with E-state index in [1.807, 2.05) is 67.6 Å². The van der Waals surface area contributed by atoms with Gasteiger partial charge in [-0.05, 0) is 43.3 Å². The summed E-state index contributed by atoms with van der Waals surface area (Å²) in [6.07, 6.45) is 0. The summed E-state index contributed by atoms with van der Waals surface area (Å²) in [6.45, 7) is 2.63. The summed E-state index contributed by atoms with van der Waals surface area (Å²) in [4.78, 5) is 0. The molecule has 0 unspecified atom stereocenters. The Morgan fingerprint density at radius 2 is 1.76 bits per heavy atom. The van der Waals surface area contributed by atoms with Crippen LogP contribution in [0.15, 0.2) is 60.7 Å². The molecule has 0 aliphatic rings. The fraction of sp³-hybridized carbons (Fsp3) is 0.118. The zero-order chi connectivity index (χ0) is 14.7. The number of hydrogen-bond donors (Lipinski definition) is 1. The van der Waals surface area contributed by atoms with Crippen molar-refractivity contribution < 1.29 is 4.74 Å². The first-order valence-corrected chi connectivity index (χ1v) is 6.92. The lowest BCUT2D eigenvalue weighted by atomic mass is 10.1. The normalized spacial score (nSPS) is 10.5. The van der Waals surface area contributed by atoms with Crippen LogP contribution in [0.2, 0.25) is 0 Å². The molecule has 0 amide bonds. The lowest BCUT2D eigenvalue weighted by Gasteiger charge is -2.04. The number of hydrogen-bond acceptors (Lipinski definition) is 3. The van der Waals surface area contributed by atoms with Gasteiger partial charge >= 0.3 is 0 Å². The molecule has 0 atom stereocenters. The maximum absolute atomic E-state index is 6.06. The van der Waals surface area contributed by atoms with Gasteiger partial charge in [-0.25, -0.2) is 4.68 Å². The average molecular weight is 279 g/mol. The van der Waals surface area contributed by atoms with Crippen molar-refractivity contribution in [2.75, 3.05) is 12.3 Å². The maximum atomic E-state index is 6.06. The van der Waals surface area contributed by atoms with Gasteiger partial charge in [0.25, 0.3) is 0 Å². The van der Waals surface area contributed by atoms with Crippen LogP contribution in [0.4, 0.5) is 5.82 Å². The number of nitrogen functional groups attached to an aromatic ring is 1. The largest absolute Gasteiger partial charge is 0.494 e. The van der Waals surface area contributed by atoms with E-state index in [0.717, 1.165) is 22.7 Å². The molecule has 2 N–H and O–H groups in total. The molecule has 0 bridgehead atoms. The summed E-state index contributed by atoms with van der Waals surface area (Å²) in [5.41, 5.74) is 8.88. The minimum atomic E-state index is 0.616. The first kappa shape index (κ1) is 13.2. The van der Waals surface area contributed by atoms with Gasteiger partial charge < -0.3 is 10.5 Å². The topological polar surface area (TPSA) is 53.1 Å². The Kier molecular flexibility index (Phi) is 3.60. The molecule has 106 valence electrons. The Morgan fingerprint density at radius 3 is 2.43 bits per heavy atom. The molecule has 0 radical (unpaired) electrons. The van der Waals surface area contributed by atoms with E-state index in [9.17, 15) is 0 Å². The van der Waals surface area contributed by atoms with E-state index in [1.54, 1.807) is 4.68 Å². The highest BCUT2D eigenvalue weighted by Crippen LogP contribution is 2.24. The second kappa shape index (κ2) is 5.71. The SMILES string of the molecule is CCOc1ccc(-c2cc(N)n(-c3ccccc3)n2)cc1. The van der Waals surface area contributed by atoms with Crippen molar-refractivity contribution in [1.29, 1.82) is 0 Å². The lowest BCUT2D eigenvalue weighted by Crippen LogP contribution is -2.01. The molecule has 0 saturated heterocycles. The summed E-state index contributed by atoms with van der Waals surface area (Å²) in [6, 6.07) is 19.6. The molecule has 0 spiro atoms. The van der Waals surface area contributed by atoms with E-state index in [-0.39, 0.29) is 0 Å². The molecule has 0 saturated carbocycles. The second-order valence-corrected chi connectivity index (χ2v) is 4.66. The van der Waals surface area contributed by atoms with Crippen molar-refractivity contribution in [3.05, 3.63) is 60.7 Å². The third-order valence-corrected chi connectivity index (χ3v) is 3.20. The first-order chi connectivity index (χ1) is 10.3. The molecule has 1 heterocycles. The van der Waals surface area contributed by atoms with Crippen LogP contribution in [0.3, 0.4) is 0 Å². The van der Waals surface area contributed by atoms with E-state index >= 15 is 0 Å². The molecule has 4 nitrogen and oxygen atoms in total. The molecule has 0 fully saturated rings. The van der Waals surface area contributed by atoms with Gasteiger partial charge in [-0.15, -0.1) is 0 Å². The van der Waals surface area contributed by atoms with Crippen LogP contribution < -0.4 is 10.5 Å². The molecular formula is C17H17N3O. The van der Waals surface area contributed by atoms with Crippen molar-refractivity contribution in [3.8, 4) is 22.7 Å². The van der Waals surface area contributed by atoms with Crippen LogP contribution >= 0.6 is 0 Å². The predicted octanol–water partition coefficient (Wildman–Crippen LogP) is 3.52. The van der Waals surface area contributed by atoms with Crippen LogP contribution in [-0.4, -0.2) is 16.4 Å². The van der Waals surface area contributed by atoms with E-state index in [1.165, 1.54) is 0 Å². The minimum absolute atomic E-state index is 0.616. The Balaban J connectivity index is 1.93. The maximum Gasteiger partial charge on any atom is 0.127 e. The summed E-state index contributed by atoms with van der Waals surface area (Å²) >= 11 is 0. The van der Waals surface area contributed by atoms with Crippen molar-refractivity contribution >= 4 is 5.82 Å². The van der Waals surface area contributed by atoms with Gasteiger partial charge in [0.15, 0.2) is 0 Å². The van der Waals surface area contributed by atoms with Crippen LogP contribution in [0.5, 0.6) is 5.75 Å². The number of para-hydroxylation sites is 1. The van der Waals surface area contributed by atoms with Gasteiger partial charge in [0.1, 0.15) is 11.6 Å². The Morgan fingerprint density at radius 1 is 1.05 bits per heavy atom. The Hall–Kier alpha value is -2.75. The number of nitrogens with two attached hydrogens (primary N) is 1. The van der Waals surface area contributed by atoms with Crippen LogP contribution in [0, 0.1) is 0 Å². The van der Waals surface area contributed by atoms with Crippen LogP contribution in [0.25, 0.3) is 16.9 Å². The van der Waals surface area contributed by atoms with Gasteiger partial charge in [-0.3, -0.25) is 0 Å². The average Bonchev–Trinajstić information content (AvgIpc) is 2.91. The zero-order valence-electron chi connectivity index (χ0n) is 11.9. The summed E-state index contributed by atoms with van der Waals surface area (Å²) in [7, 11) is 0. The highest BCUT2D eigenvalue weighted by atomic mass is 16.5. The zero-order valence-corrected chi connectivity index (χ0v) is 11.9. The number of nitrogens with zero attached hydrogens (tertiary/aromatic N) is 2. The third-order valence-electron chi connectivity index (χ3n) is 3.20. The molecule has 0 aliphatic carbocycles. The molecule has 4 heteroatoms. The number of aromatic nitrogens is 2. The summed E-state index contributed by atoms with van der Waals surface area (Å²) in [5.74, 6) is 1.47. The Bertz CT molecular complexity index is 718. The first-order valence-electron chi connectivity index (χ1n) is 6.92. The summed E-state index contributed by atoms with van der Waals surface area (Å²) in [5, 5.41) is 4.58. The highest BCUT2D eigenvalue weighted by Gasteiger charge is 2.08. The van der Waals surface area contributed by atoms with E-state index < -0.39 is 0 Å². The van der Waals surface area contributed by atoms with Crippen molar-refractivity contribution in [3.63, 3.8) is 0 Å². The highest BCUT2D eigenvalue weighted by molar-refractivity contribution is 5.64. The quantitative estimate of drug-likeness (QED) is 0.795. The molecular weight excluding hydrogens is 262 g/mol. The second-order valence-electron chi connectivity index (χ2n) is 4.66. The lowest BCUT2D eigenvalue weighted by molar-refractivity contribution is 0.340. The van der Waals surface area contributed by atoms with Gasteiger partial charge in [0, 0.05) is 11.6 Å². The minimum Gasteiger partial charge on any atom is -0.494 e. The van der Waals surface area contributed by atoms with Crippen LogP contribution in [-0.2, 0) is 0 Å². The molecule has 1 aromatic heterocycles. The fourth-order valence-electron chi connectivity index (χ4n) is 2.20. The summed E-state index contributed by atoms with van der Waals surface area (Å²) < 4.78 is 7.19. The number of anilines is 1. The molecule has 21 heavy (non-hydrogen) atoms. The van der Waals surface area contributed by atoms with E-state index in [4.69, 9.17) is 10.5 Å². The standard InChI is InChI=1S/C17H17N3O/c1-2-21-15-10-8-13(9-11-15)16-12-17(18)20(19-16)14-6-4-3-5-7-14/h3-12H,2,18H2,1H3. The molecule has 0 aliphatic heterocycles. The van der Waals surface area contributed by atoms with E-state index in [0.29, 0.717) is 12.4 Å². The smallest absolute Gasteiger partial charge is 0.127 e. The number of ether oxygens (including phenoxy) is 1. The molecule has 3 rings (SSSR count). The third kappa shape index (κ3) is 2.74. The van der Waals surface area contributed by atoms with Crippen molar-refractivity contribution in [2.24, 2.45) is 0 Å². The van der Waals surface area contributed by atoms with Crippen LogP contribution in [0.1, 0.15) is 6.92 Å². The van der Waals surface area contributed by atoms with Gasteiger partial charge in [-0.2, -0.15) is 5.10 Å². The van der Waals surface area contributed by atoms with Gasteiger partial charge in [-0.1, -0.05) is 18.2 Å². The Labute approximate surface area is 123 Å². The predicted molar refractivity (Wildman–Crippen MR) is 84.6 cm³/mol. The van der Waals surface area contributed by atoms with Gasteiger partial charge in [0.05, 0.1) is 18.0 Å². The monoisotopic (exact) mass is 279 g/mol. The molecule has 3 aromatic rings. The van der Waals surface area contributed by atoms with Crippen molar-refractivity contribution in [1.82, 2.24) is 9.78 Å². The number of benzene rings is 2. The number of rotatable bonds is 4. The van der Waals surface area contributed by atoms with E-state index in [2.05, 4.69) is 5.10 Å². The fourth-order valence-corrected chi connectivity index (χ4v) is 2.20. The van der Waals surface area contributed by atoms with Crippen molar-refractivity contribution in [2.45, 2.75) is 6.92 Å². The van der Waals surface area contributed by atoms with Gasteiger partial charge in [0.2, 0.25) is 0 Å². The molecule has 2 aromatic carbocycles.